The van der Waals surface area contributed by atoms with E-state index < -0.39 is 0 Å². The highest BCUT2D eigenvalue weighted by molar-refractivity contribution is 5.73. The van der Waals surface area contributed by atoms with Crippen molar-refractivity contribution < 1.29 is 4.74 Å². The Kier molecular flexibility index (Phi) is 2.53. The van der Waals surface area contributed by atoms with Gasteiger partial charge in [0.25, 0.3) is 0 Å². The number of nitriles is 1. The average Bonchev–Trinajstić information content (AvgIpc) is 2.36. The molecular weight excluding hydrogens is 228 g/mol. The number of fused-ring (bicyclic) bond motifs is 2. The third kappa shape index (κ3) is 1.66. The van der Waals surface area contributed by atoms with Gasteiger partial charge in [-0.05, 0) is 25.6 Å². The van der Waals surface area contributed by atoms with Crippen LogP contribution in [0.4, 0.5) is 11.4 Å². The van der Waals surface area contributed by atoms with E-state index in [1.54, 1.807) is 6.07 Å². The second-order valence-electron chi connectivity index (χ2n) is 4.98. The van der Waals surface area contributed by atoms with E-state index in [2.05, 4.69) is 23.3 Å². The summed E-state index contributed by atoms with van der Waals surface area (Å²) in [5, 5.41) is 12.6. The highest BCUT2D eigenvalue weighted by Crippen LogP contribution is 2.38. The van der Waals surface area contributed by atoms with Crippen molar-refractivity contribution in [3.8, 4) is 11.8 Å². The molecule has 0 aliphatic carbocycles. The minimum absolute atomic E-state index is 0.127. The molecule has 2 atom stereocenters. The number of hydrogen-bond donors (Lipinski definition) is 2. The molecule has 0 bridgehead atoms. The Balaban J connectivity index is 1.98. The molecule has 5 heteroatoms. The van der Waals surface area contributed by atoms with Crippen LogP contribution in [0, 0.1) is 11.3 Å². The first-order valence-electron chi connectivity index (χ1n) is 6.13. The fourth-order valence-corrected chi connectivity index (χ4v) is 2.67. The molecule has 1 aromatic rings. The highest BCUT2D eigenvalue weighted by Gasteiger charge is 2.35. The van der Waals surface area contributed by atoms with Crippen LogP contribution in [0.3, 0.4) is 0 Å². The molecular formula is C13H16N4O. The number of likely N-dealkylation sites (N-methyl/N-ethyl adjacent to an activating group) is 1. The zero-order chi connectivity index (χ0) is 12.7. The number of likely N-dealkylation sites (tertiary alicyclic amines) is 1. The van der Waals surface area contributed by atoms with Gasteiger partial charge in [0.05, 0.1) is 17.4 Å². The van der Waals surface area contributed by atoms with Gasteiger partial charge in [-0.3, -0.25) is 0 Å². The van der Waals surface area contributed by atoms with Gasteiger partial charge in [-0.15, -0.1) is 0 Å². The third-order valence-corrected chi connectivity index (χ3v) is 3.66. The lowest BCUT2D eigenvalue weighted by Crippen LogP contribution is -2.53. The summed E-state index contributed by atoms with van der Waals surface area (Å²) in [6.07, 6.45) is 1.09. The number of nitrogen functional groups attached to an aromatic ring is 1. The van der Waals surface area contributed by atoms with Crippen LogP contribution in [-0.4, -0.2) is 37.2 Å². The molecule has 5 nitrogen and oxygen atoms in total. The fraction of sp³-hybridized carbons (Fsp3) is 0.462. The standard InChI is InChI=1S/C13H16N4O/c1-17-5-4-12-11(7-17)16-10-3-2-9(15)8(6-14)13(10)18-12/h2-3,11-12,16H,4-5,7,15H2,1H3/t11-,12+/m1/s1. The van der Waals surface area contributed by atoms with Crippen LogP contribution < -0.4 is 15.8 Å². The van der Waals surface area contributed by atoms with Crippen molar-refractivity contribution in [2.45, 2.75) is 18.6 Å². The lowest BCUT2D eigenvalue weighted by molar-refractivity contribution is 0.0924. The summed E-state index contributed by atoms with van der Waals surface area (Å²) in [4.78, 5) is 2.28. The Morgan fingerprint density at radius 2 is 2.39 bits per heavy atom. The van der Waals surface area contributed by atoms with Crippen LogP contribution in [0.2, 0.25) is 0 Å². The summed E-state index contributed by atoms with van der Waals surface area (Å²) < 4.78 is 6.00. The molecule has 1 fully saturated rings. The predicted molar refractivity (Wildman–Crippen MR) is 69.5 cm³/mol. The van der Waals surface area contributed by atoms with Crippen LogP contribution in [-0.2, 0) is 0 Å². The molecule has 2 heterocycles. The number of nitrogens with two attached hydrogens (primary N) is 1. The first-order valence-corrected chi connectivity index (χ1v) is 6.13. The molecule has 0 saturated carbocycles. The predicted octanol–water partition coefficient (Wildman–Crippen LogP) is 1.02. The van der Waals surface area contributed by atoms with Gasteiger partial charge in [0.15, 0.2) is 5.75 Å². The summed E-state index contributed by atoms with van der Waals surface area (Å²) in [6.45, 7) is 1.97. The van der Waals surface area contributed by atoms with Gasteiger partial charge in [-0.2, -0.15) is 5.26 Å². The SMILES string of the molecule is CN1CC[C@@H]2Oc3c(ccc(N)c3C#N)N[C@@H]2C1. The molecule has 2 aliphatic rings. The second-order valence-corrected chi connectivity index (χ2v) is 4.98. The molecule has 2 aliphatic heterocycles. The summed E-state index contributed by atoms with van der Waals surface area (Å²) in [5.74, 6) is 0.614. The smallest absolute Gasteiger partial charge is 0.162 e. The quantitative estimate of drug-likeness (QED) is 0.666. The van der Waals surface area contributed by atoms with Crippen molar-refractivity contribution in [3.63, 3.8) is 0 Å². The molecule has 0 unspecified atom stereocenters. The van der Waals surface area contributed by atoms with Crippen molar-refractivity contribution in [2.75, 3.05) is 31.2 Å². The normalized spacial score (nSPS) is 26.2. The number of benzene rings is 1. The number of anilines is 2. The molecule has 0 radical (unpaired) electrons. The Morgan fingerprint density at radius 3 is 3.17 bits per heavy atom. The third-order valence-electron chi connectivity index (χ3n) is 3.66. The fourth-order valence-electron chi connectivity index (χ4n) is 2.67. The molecule has 1 aromatic carbocycles. The number of hydrogen-bond acceptors (Lipinski definition) is 5. The van der Waals surface area contributed by atoms with Crippen molar-refractivity contribution in [2.24, 2.45) is 0 Å². The zero-order valence-corrected chi connectivity index (χ0v) is 10.3. The van der Waals surface area contributed by atoms with Crippen LogP contribution >= 0.6 is 0 Å². The summed E-state index contributed by atoms with van der Waals surface area (Å²) in [5.41, 5.74) is 7.60. The van der Waals surface area contributed by atoms with E-state index in [0.29, 0.717) is 17.0 Å². The van der Waals surface area contributed by atoms with Crippen molar-refractivity contribution in [1.82, 2.24) is 4.90 Å². The minimum Gasteiger partial charge on any atom is -0.485 e. The molecule has 0 amide bonds. The zero-order valence-electron chi connectivity index (χ0n) is 10.3. The van der Waals surface area contributed by atoms with E-state index >= 15 is 0 Å². The maximum atomic E-state index is 9.17. The monoisotopic (exact) mass is 244 g/mol. The van der Waals surface area contributed by atoms with Crippen molar-refractivity contribution >= 4 is 11.4 Å². The van der Waals surface area contributed by atoms with E-state index in [1.807, 2.05) is 6.07 Å². The summed E-state index contributed by atoms with van der Waals surface area (Å²) in [6, 6.07) is 6.05. The van der Waals surface area contributed by atoms with Crippen molar-refractivity contribution in [1.29, 1.82) is 5.26 Å². The van der Waals surface area contributed by atoms with Crippen LogP contribution in [0.15, 0.2) is 12.1 Å². The maximum Gasteiger partial charge on any atom is 0.162 e. The van der Waals surface area contributed by atoms with Crippen LogP contribution in [0.25, 0.3) is 0 Å². The first kappa shape index (κ1) is 11.2. The lowest BCUT2D eigenvalue weighted by atomic mass is 9.98. The Bertz CT molecular complexity index is 522. The average molecular weight is 244 g/mol. The molecule has 0 aromatic heterocycles. The molecule has 1 saturated heterocycles. The molecule has 0 spiro atoms. The summed E-state index contributed by atoms with van der Waals surface area (Å²) in [7, 11) is 2.11. The number of rotatable bonds is 0. The van der Waals surface area contributed by atoms with Gasteiger partial charge in [-0.1, -0.05) is 0 Å². The van der Waals surface area contributed by atoms with Gasteiger partial charge in [0.1, 0.15) is 17.7 Å². The van der Waals surface area contributed by atoms with Gasteiger partial charge >= 0.3 is 0 Å². The topological polar surface area (TPSA) is 74.3 Å². The van der Waals surface area contributed by atoms with Crippen molar-refractivity contribution in [3.05, 3.63) is 17.7 Å². The van der Waals surface area contributed by atoms with E-state index in [-0.39, 0.29) is 12.1 Å². The number of nitrogens with zero attached hydrogens (tertiary/aromatic N) is 2. The van der Waals surface area contributed by atoms with E-state index in [9.17, 15) is 0 Å². The van der Waals surface area contributed by atoms with Gasteiger partial charge in [0.2, 0.25) is 0 Å². The lowest BCUT2D eigenvalue weighted by Gasteiger charge is -2.41. The Labute approximate surface area is 106 Å². The Hall–Kier alpha value is -1.93. The number of ether oxygens (including phenoxy) is 1. The summed E-state index contributed by atoms with van der Waals surface area (Å²) >= 11 is 0. The minimum atomic E-state index is 0.127. The molecule has 3 rings (SSSR count). The molecule has 3 N–H and O–H groups in total. The number of nitrogens with one attached hydrogen (secondary N) is 1. The van der Waals surface area contributed by atoms with Gasteiger partial charge in [-0.25, -0.2) is 0 Å². The van der Waals surface area contributed by atoms with E-state index in [1.165, 1.54) is 0 Å². The van der Waals surface area contributed by atoms with Crippen LogP contribution in [0.1, 0.15) is 12.0 Å². The largest absolute Gasteiger partial charge is 0.485 e. The Morgan fingerprint density at radius 1 is 1.56 bits per heavy atom. The van der Waals surface area contributed by atoms with Gasteiger partial charge < -0.3 is 20.7 Å². The van der Waals surface area contributed by atoms with E-state index in [4.69, 9.17) is 15.7 Å². The van der Waals surface area contributed by atoms with Gasteiger partial charge in [0, 0.05) is 13.1 Å². The molecule has 94 valence electrons. The second kappa shape index (κ2) is 4.07. The van der Waals surface area contributed by atoms with E-state index in [0.717, 1.165) is 25.2 Å². The maximum absolute atomic E-state index is 9.17. The molecule has 18 heavy (non-hydrogen) atoms. The van der Waals surface area contributed by atoms with Crippen LogP contribution in [0.5, 0.6) is 5.75 Å². The highest BCUT2D eigenvalue weighted by atomic mass is 16.5. The number of piperidine rings is 1. The first-order chi connectivity index (χ1) is 8.69.